The summed E-state index contributed by atoms with van der Waals surface area (Å²) in [7, 11) is 0. The van der Waals surface area contributed by atoms with E-state index in [4.69, 9.17) is 4.42 Å². The molecular weight excluding hydrogens is 329 g/mol. The molecule has 0 spiro atoms. The third kappa shape index (κ3) is 3.57. The summed E-state index contributed by atoms with van der Waals surface area (Å²) in [5, 5.41) is 7.63. The predicted molar refractivity (Wildman–Crippen MR) is 74.8 cm³/mol. The van der Waals surface area contributed by atoms with Crippen molar-refractivity contribution in [3.8, 4) is 0 Å². The first kappa shape index (κ1) is 12.6. The van der Waals surface area contributed by atoms with Crippen molar-refractivity contribution in [1.29, 1.82) is 0 Å². The first-order chi connectivity index (χ1) is 8.29. The van der Waals surface area contributed by atoms with Gasteiger partial charge in [0.1, 0.15) is 5.76 Å². The smallest absolute Gasteiger partial charge is 0.129 e. The minimum atomic E-state index is 0.694. The van der Waals surface area contributed by atoms with E-state index in [9.17, 15) is 0 Å². The van der Waals surface area contributed by atoms with Gasteiger partial charge in [0.15, 0.2) is 0 Å². The second kappa shape index (κ2) is 6.20. The van der Waals surface area contributed by atoms with Crippen LogP contribution in [0, 0.1) is 3.57 Å². The zero-order valence-corrected chi connectivity index (χ0v) is 12.0. The number of aromatic nitrogens is 2. The minimum Gasteiger partial charge on any atom is -0.467 e. The summed E-state index contributed by atoms with van der Waals surface area (Å²) in [5.74, 6) is 0.980. The number of halogens is 1. The highest BCUT2D eigenvalue weighted by Gasteiger charge is 2.07. The Morgan fingerprint density at radius 1 is 1.53 bits per heavy atom. The molecule has 0 amide bonds. The van der Waals surface area contributed by atoms with Crippen molar-refractivity contribution in [2.24, 2.45) is 0 Å². The van der Waals surface area contributed by atoms with E-state index in [1.807, 2.05) is 23.1 Å². The van der Waals surface area contributed by atoms with Crippen LogP contribution in [-0.2, 0) is 13.1 Å². The number of nitrogens with one attached hydrogen (secondary N) is 1. The fourth-order valence-electron chi connectivity index (χ4n) is 1.64. The molecule has 0 aromatic carbocycles. The molecular formula is C12H16IN3O. The van der Waals surface area contributed by atoms with E-state index in [2.05, 4.69) is 39.9 Å². The van der Waals surface area contributed by atoms with Crippen molar-refractivity contribution in [1.82, 2.24) is 15.1 Å². The lowest BCUT2D eigenvalue weighted by Gasteiger charge is -2.04. The van der Waals surface area contributed by atoms with Crippen molar-refractivity contribution in [3.05, 3.63) is 39.6 Å². The Labute approximate surface area is 115 Å². The maximum absolute atomic E-state index is 5.51. The standard InChI is InChI=1S/C12H16IN3O/c1-2-4-14-6-10-3-5-17-12(10)9-16-8-11(13)7-15-16/h3,5,7-8,14H,2,4,6,9H2,1H3. The lowest BCUT2D eigenvalue weighted by atomic mass is 10.2. The predicted octanol–water partition coefficient (Wildman–Crippen LogP) is 2.63. The third-order valence-corrected chi connectivity index (χ3v) is 3.04. The molecule has 17 heavy (non-hydrogen) atoms. The minimum absolute atomic E-state index is 0.694. The van der Waals surface area contributed by atoms with Crippen LogP contribution in [0.2, 0.25) is 0 Å². The van der Waals surface area contributed by atoms with E-state index in [0.29, 0.717) is 6.54 Å². The molecule has 2 heterocycles. The normalized spacial score (nSPS) is 10.9. The van der Waals surface area contributed by atoms with Gasteiger partial charge in [0.25, 0.3) is 0 Å². The molecule has 2 rings (SSSR count). The largest absolute Gasteiger partial charge is 0.467 e. The highest BCUT2D eigenvalue weighted by molar-refractivity contribution is 14.1. The molecule has 4 nitrogen and oxygen atoms in total. The van der Waals surface area contributed by atoms with Gasteiger partial charge in [-0.05, 0) is 41.6 Å². The molecule has 0 fully saturated rings. The van der Waals surface area contributed by atoms with Crippen molar-refractivity contribution < 1.29 is 4.42 Å². The van der Waals surface area contributed by atoms with Crippen LogP contribution in [-0.4, -0.2) is 16.3 Å². The maximum Gasteiger partial charge on any atom is 0.129 e. The third-order valence-electron chi connectivity index (χ3n) is 2.49. The molecule has 0 saturated carbocycles. The topological polar surface area (TPSA) is 43.0 Å². The van der Waals surface area contributed by atoms with E-state index >= 15 is 0 Å². The molecule has 0 saturated heterocycles. The average Bonchev–Trinajstić information content (AvgIpc) is 2.90. The first-order valence-electron chi connectivity index (χ1n) is 5.73. The number of nitrogens with zero attached hydrogens (tertiary/aromatic N) is 2. The van der Waals surface area contributed by atoms with Crippen LogP contribution in [0.25, 0.3) is 0 Å². The second-order valence-corrected chi connectivity index (χ2v) is 5.15. The first-order valence-corrected chi connectivity index (χ1v) is 6.81. The summed E-state index contributed by atoms with van der Waals surface area (Å²) >= 11 is 2.25. The highest BCUT2D eigenvalue weighted by Crippen LogP contribution is 2.12. The highest BCUT2D eigenvalue weighted by atomic mass is 127. The quantitative estimate of drug-likeness (QED) is 0.647. The Balaban J connectivity index is 1.98. The van der Waals surface area contributed by atoms with E-state index < -0.39 is 0 Å². The zero-order valence-electron chi connectivity index (χ0n) is 9.82. The van der Waals surface area contributed by atoms with Crippen LogP contribution >= 0.6 is 22.6 Å². The Morgan fingerprint density at radius 3 is 3.12 bits per heavy atom. The fourth-order valence-corrected chi connectivity index (χ4v) is 2.08. The SMILES string of the molecule is CCCNCc1ccoc1Cn1cc(I)cn1. The van der Waals surface area contributed by atoms with Crippen LogP contribution in [0.5, 0.6) is 0 Å². The second-order valence-electron chi connectivity index (χ2n) is 3.90. The van der Waals surface area contributed by atoms with E-state index in [0.717, 1.165) is 28.8 Å². The van der Waals surface area contributed by atoms with Gasteiger partial charge >= 0.3 is 0 Å². The van der Waals surface area contributed by atoms with Crippen LogP contribution < -0.4 is 5.32 Å². The molecule has 0 bridgehead atoms. The number of hydrogen-bond donors (Lipinski definition) is 1. The molecule has 0 aliphatic rings. The molecule has 1 N–H and O–H groups in total. The van der Waals surface area contributed by atoms with E-state index in [-0.39, 0.29) is 0 Å². The Morgan fingerprint density at radius 2 is 2.41 bits per heavy atom. The molecule has 5 heteroatoms. The molecule has 0 radical (unpaired) electrons. The Bertz CT molecular complexity index is 464. The molecule has 0 aliphatic heterocycles. The Hall–Kier alpha value is -0.820. The number of hydrogen-bond acceptors (Lipinski definition) is 3. The maximum atomic E-state index is 5.51. The van der Waals surface area contributed by atoms with Gasteiger partial charge < -0.3 is 9.73 Å². The molecule has 92 valence electrons. The lowest BCUT2D eigenvalue weighted by molar-refractivity contribution is 0.472. The van der Waals surface area contributed by atoms with Gasteiger partial charge in [0, 0.05) is 18.3 Å². The van der Waals surface area contributed by atoms with E-state index in [1.54, 1.807) is 6.26 Å². The average molecular weight is 345 g/mol. The van der Waals surface area contributed by atoms with Crippen molar-refractivity contribution >= 4 is 22.6 Å². The lowest BCUT2D eigenvalue weighted by Crippen LogP contribution is -2.15. The van der Waals surface area contributed by atoms with Gasteiger partial charge in [-0.2, -0.15) is 5.10 Å². The monoisotopic (exact) mass is 345 g/mol. The summed E-state index contributed by atoms with van der Waals surface area (Å²) in [6.45, 7) is 4.75. The van der Waals surface area contributed by atoms with Gasteiger partial charge in [0.2, 0.25) is 0 Å². The van der Waals surface area contributed by atoms with Crippen LogP contribution in [0.1, 0.15) is 24.7 Å². The zero-order chi connectivity index (χ0) is 12.1. The fraction of sp³-hybridized carbons (Fsp3) is 0.417. The summed E-state index contributed by atoms with van der Waals surface area (Å²) < 4.78 is 8.54. The van der Waals surface area contributed by atoms with Crippen LogP contribution in [0.3, 0.4) is 0 Å². The van der Waals surface area contributed by atoms with Gasteiger partial charge in [-0.1, -0.05) is 6.92 Å². The summed E-state index contributed by atoms with van der Waals surface area (Å²) in [5.41, 5.74) is 1.21. The molecule has 0 aliphatic carbocycles. The molecule has 2 aromatic heterocycles. The van der Waals surface area contributed by atoms with Crippen LogP contribution in [0.15, 0.2) is 29.1 Å². The van der Waals surface area contributed by atoms with Gasteiger partial charge in [0.05, 0.1) is 22.6 Å². The molecule has 0 atom stereocenters. The molecule has 2 aromatic rings. The number of furan rings is 1. The summed E-state index contributed by atoms with van der Waals surface area (Å²) in [6.07, 6.45) is 6.74. The summed E-state index contributed by atoms with van der Waals surface area (Å²) in [4.78, 5) is 0. The Kier molecular flexibility index (Phi) is 4.61. The number of rotatable bonds is 6. The van der Waals surface area contributed by atoms with E-state index in [1.165, 1.54) is 5.56 Å². The van der Waals surface area contributed by atoms with Crippen LogP contribution in [0.4, 0.5) is 0 Å². The van der Waals surface area contributed by atoms with Gasteiger partial charge in [-0.15, -0.1) is 0 Å². The van der Waals surface area contributed by atoms with Crippen molar-refractivity contribution in [2.45, 2.75) is 26.4 Å². The van der Waals surface area contributed by atoms with Crippen molar-refractivity contribution in [2.75, 3.05) is 6.54 Å². The van der Waals surface area contributed by atoms with Gasteiger partial charge in [-0.25, -0.2) is 0 Å². The van der Waals surface area contributed by atoms with Crippen molar-refractivity contribution in [3.63, 3.8) is 0 Å². The van der Waals surface area contributed by atoms with Gasteiger partial charge in [-0.3, -0.25) is 4.68 Å². The summed E-state index contributed by atoms with van der Waals surface area (Å²) in [6, 6.07) is 2.02. The molecule has 0 unspecified atom stereocenters.